The maximum Gasteiger partial charge on any atom is 0.260 e. The minimum atomic E-state index is -0.164. The number of hydrogen-bond acceptors (Lipinski definition) is 3. The van der Waals surface area contributed by atoms with Gasteiger partial charge in [0.05, 0.1) is 22.6 Å². The summed E-state index contributed by atoms with van der Waals surface area (Å²) in [5, 5.41) is 3.65. The third-order valence-corrected chi connectivity index (χ3v) is 5.53. The summed E-state index contributed by atoms with van der Waals surface area (Å²) in [5.74, 6) is -0.164. The fourth-order valence-corrected chi connectivity index (χ4v) is 4.16. The normalized spacial score (nSPS) is 20.1. The maximum absolute atomic E-state index is 13.0. The second-order valence-corrected chi connectivity index (χ2v) is 7.79. The zero-order chi connectivity index (χ0) is 19.6. The van der Waals surface area contributed by atoms with E-state index in [1.807, 2.05) is 24.7 Å². The van der Waals surface area contributed by atoms with Crippen molar-refractivity contribution >= 4 is 16.8 Å². The summed E-state index contributed by atoms with van der Waals surface area (Å²) >= 11 is 0. The number of nitrogens with one attached hydrogen (secondary N) is 1. The van der Waals surface area contributed by atoms with Gasteiger partial charge in [0.2, 0.25) is 0 Å². The van der Waals surface area contributed by atoms with Gasteiger partial charge in [-0.15, -0.1) is 0 Å². The number of carbonyl (C=O) groups is 1. The predicted octanol–water partition coefficient (Wildman–Crippen LogP) is 3.04. The van der Waals surface area contributed by atoms with Gasteiger partial charge in [0.1, 0.15) is 0 Å². The fourth-order valence-electron chi connectivity index (χ4n) is 4.16. The van der Waals surface area contributed by atoms with Crippen LogP contribution in [0.2, 0.25) is 0 Å². The molecule has 2 aromatic rings. The third kappa shape index (κ3) is 4.10. The first kappa shape index (κ1) is 19.7. The molecule has 1 aliphatic carbocycles. The molecule has 6 heteroatoms. The van der Waals surface area contributed by atoms with E-state index in [1.165, 1.54) is 0 Å². The summed E-state index contributed by atoms with van der Waals surface area (Å²) in [6, 6.07) is 0.0989. The number of aryl methyl sites for hydroxylation is 3. The smallest absolute Gasteiger partial charge is 0.260 e. The molecule has 0 bridgehead atoms. The molecular formula is C21H31N3O3. The van der Waals surface area contributed by atoms with Gasteiger partial charge < -0.3 is 19.2 Å². The van der Waals surface area contributed by atoms with Crippen molar-refractivity contribution in [3.63, 3.8) is 0 Å². The molecule has 2 heterocycles. The van der Waals surface area contributed by atoms with Gasteiger partial charge >= 0.3 is 0 Å². The molecule has 2 aromatic heterocycles. The number of rotatable bonds is 6. The highest BCUT2D eigenvalue weighted by Gasteiger charge is 2.26. The van der Waals surface area contributed by atoms with Gasteiger partial charge in [-0.1, -0.05) is 13.3 Å². The summed E-state index contributed by atoms with van der Waals surface area (Å²) in [4.78, 5) is 25.6. The first-order chi connectivity index (χ1) is 12.9. The van der Waals surface area contributed by atoms with Crippen molar-refractivity contribution < 1.29 is 9.53 Å². The van der Waals surface area contributed by atoms with Gasteiger partial charge in [-0.05, 0) is 44.6 Å². The molecule has 27 heavy (non-hydrogen) atoms. The Morgan fingerprint density at radius 3 is 2.78 bits per heavy atom. The van der Waals surface area contributed by atoms with E-state index in [2.05, 4.69) is 12.2 Å². The molecule has 6 nitrogen and oxygen atoms in total. The lowest BCUT2D eigenvalue weighted by molar-refractivity contribution is 0.0183. The molecular weight excluding hydrogens is 342 g/mol. The van der Waals surface area contributed by atoms with Gasteiger partial charge in [0.25, 0.3) is 11.5 Å². The van der Waals surface area contributed by atoms with Crippen LogP contribution in [0.4, 0.5) is 0 Å². The highest BCUT2D eigenvalue weighted by molar-refractivity contribution is 6.07. The molecule has 0 aromatic carbocycles. The molecule has 0 spiro atoms. The quantitative estimate of drug-likeness (QED) is 0.792. The van der Waals surface area contributed by atoms with Gasteiger partial charge in [-0.3, -0.25) is 9.59 Å². The van der Waals surface area contributed by atoms with Crippen LogP contribution in [0, 0.1) is 6.92 Å². The van der Waals surface area contributed by atoms with E-state index in [0.29, 0.717) is 10.9 Å². The molecule has 0 saturated heterocycles. The minimum Gasteiger partial charge on any atom is -0.378 e. The van der Waals surface area contributed by atoms with Gasteiger partial charge in [-0.25, -0.2) is 0 Å². The number of aromatic nitrogens is 2. The SMILES string of the molecule is CCCCO[C@@H]1CCC[C@H](NC(=O)c2cn(C)c3c(C)cn(C)c(=O)c23)C1. The van der Waals surface area contributed by atoms with E-state index in [0.717, 1.165) is 56.2 Å². The van der Waals surface area contributed by atoms with Crippen molar-refractivity contribution in [2.45, 2.75) is 64.5 Å². The Morgan fingerprint density at radius 2 is 2.04 bits per heavy atom. The van der Waals surface area contributed by atoms with Crippen LogP contribution in [-0.4, -0.2) is 33.8 Å². The number of amides is 1. The second kappa shape index (κ2) is 8.30. The van der Waals surface area contributed by atoms with E-state index < -0.39 is 0 Å². The number of pyridine rings is 1. The van der Waals surface area contributed by atoms with E-state index in [4.69, 9.17) is 4.74 Å². The number of unbranched alkanes of at least 4 members (excludes halogenated alkanes) is 1. The lowest BCUT2D eigenvalue weighted by atomic mass is 9.92. The lowest BCUT2D eigenvalue weighted by Gasteiger charge is -2.29. The average Bonchev–Trinajstić information content (AvgIpc) is 2.98. The van der Waals surface area contributed by atoms with E-state index >= 15 is 0 Å². The van der Waals surface area contributed by atoms with E-state index in [9.17, 15) is 9.59 Å². The lowest BCUT2D eigenvalue weighted by Crippen LogP contribution is -2.40. The third-order valence-electron chi connectivity index (χ3n) is 5.53. The Labute approximate surface area is 160 Å². The summed E-state index contributed by atoms with van der Waals surface area (Å²) in [6.07, 6.45) is 9.92. The Kier molecular flexibility index (Phi) is 6.05. The van der Waals surface area contributed by atoms with Gasteiger partial charge in [0.15, 0.2) is 0 Å². The standard InChI is InChI=1S/C21H31N3O3/c1-5-6-10-27-16-9-7-8-15(11-16)22-20(25)17-13-23(3)19-14(2)12-24(4)21(26)18(17)19/h12-13,15-16H,5-11H2,1-4H3,(H,22,25)/t15-,16+/m0/s1. The average molecular weight is 373 g/mol. The summed E-state index contributed by atoms with van der Waals surface area (Å²) in [5.41, 5.74) is 2.14. The number of fused-ring (bicyclic) bond motifs is 1. The molecule has 1 amide bonds. The number of carbonyl (C=O) groups excluding carboxylic acids is 1. The van der Waals surface area contributed by atoms with Crippen LogP contribution in [0.25, 0.3) is 10.9 Å². The molecule has 0 radical (unpaired) electrons. The van der Waals surface area contributed by atoms with Crippen molar-refractivity contribution in [2.75, 3.05) is 6.61 Å². The van der Waals surface area contributed by atoms with Gasteiger partial charge in [-0.2, -0.15) is 0 Å². The number of nitrogens with zero attached hydrogens (tertiary/aromatic N) is 2. The molecule has 0 unspecified atom stereocenters. The van der Waals surface area contributed by atoms with Gasteiger partial charge in [0, 0.05) is 39.1 Å². The van der Waals surface area contributed by atoms with Crippen molar-refractivity contribution in [3.05, 3.63) is 33.9 Å². The summed E-state index contributed by atoms with van der Waals surface area (Å²) in [6.45, 7) is 4.91. The van der Waals surface area contributed by atoms with Crippen LogP contribution in [0.5, 0.6) is 0 Å². The second-order valence-electron chi connectivity index (χ2n) is 7.79. The number of hydrogen-bond donors (Lipinski definition) is 1. The largest absolute Gasteiger partial charge is 0.378 e. The Hall–Kier alpha value is -2.08. The van der Waals surface area contributed by atoms with Crippen LogP contribution >= 0.6 is 0 Å². The Balaban J connectivity index is 1.78. The highest BCUT2D eigenvalue weighted by atomic mass is 16.5. The molecule has 0 aliphatic heterocycles. The molecule has 1 aliphatic rings. The molecule has 1 saturated carbocycles. The van der Waals surface area contributed by atoms with Crippen molar-refractivity contribution in [1.82, 2.24) is 14.5 Å². The summed E-state index contributed by atoms with van der Waals surface area (Å²) in [7, 11) is 3.60. The Bertz CT molecular complexity index is 881. The predicted molar refractivity (Wildman–Crippen MR) is 107 cm³/mol. The molecule has 1 N–H and O–H groups in total. The number of ether oxygens (including phenoxy) is 1. The van der Waals surface area contributed by atoms with Crippen molar-refractivity contribution in [2.24, 2.45) is 14.1 Å². The minimum absolute atomic E-state index is 0.0989. The first-order valence-electron chi connectivity index (χ1n) is 10.00. The maximum atomic E-state index is 13.0. The van der Waals surface area contributed by atoms with Crippen molar-refractivity contribution in [1.29, 1.82) is 0 Å². The summed E-state index contributed by atoms with van der Waals surface area (Å²) < 4.78 is 9.38. The molecule has 3 rings (SSSR count). The molecule has 1 fully saturated rings. The van der Waals surface area contributed by atoms with E-state index in [1.54, 1.807) is 17.8 Å². The first-order valence-corrected chi connectivity index (χ1v) is 10.00. The highest BCUT2D eigenvalue weighted by Crippen LogP contribution is 2.24. The van der Waals surface area contributed by atoms with Crippen LogP contribution in [0.15, 0.2) is 17.2 Å². The zero-order valence-electron chi connectivity index (χ0n) is 16.9. The monoisotopic (exact) mass is 373 g/mol. The molecule has 2 atom stereocenters. The Morgan fingerprint density at radius 1 is 1.26 bits per heavy atom. The van der Waals surface area contributed by atoms with Crippen LogP contribution in [0.1, 0.15) is 61.4 Å². The topological polar surface area (TPSA) is 65.3 Å². The molecule has 148 valence electrons. The van der Waals surface area contributed by atoms with E-state index in [-0.39, 0.29) is 23.6 Å². The van der Waals surface area contributed by atoms with Crippen LogP contribution in [0.3, 0.4) is 0 Å². The fraction of sp³-hybridized carbons (Fsp3) is 0.619. The zero-order valence-corrected chi connectivity index (χ0v) is 16.9. The van der Waals surface area contributed by atoms with Crippen molar-refractivity contribution in [3.8, 4) is 0 Å². The van der Waals surface area contributed by atoms with Crippen LogP contribution in [-0.2, 0) is 18.8 Å². The van der Waals surface area contributed by atoms with Crippen LogP contribution < -0.4 is 10.9 Å².